The Labute approximate surface area is 153 Å². The molecule has 0 saturated heterocycles. The molecule has 1 aliphatic rings. The van der Waals surface area contributed by atoms with E-state index in [1.165, 1.54) is 6.08 Å². The number of halogens is 1. The monoisotopic (exact) mass is 402 g/mol. The van der Waals surface area contributed by atoms with Gasteiger partial charge in [0.2, 0.25) is 12.6 Å². The number of hydrogen-bond donors (Lipinski definition) is 0. The molecule has 0 radical (unpaired) electrons. The number of ketones is 1. The molecule has 0 bridgehead atoms. The summed E-state index contributed by atoms with van der Waals surface area (Å²) in [5.74, 6) is 0.468. The van der Waals surface area contributed by atoms with Crippen LogP contribution in [0.2, 0.25) is 0 Å². The van der Waals surface area contributed by atoms with Crippen LogP contribution in [0.3, 0.4) is 0 Å². The largest absolute Gasteiger partial charge is 0.454 e. The van der Waals surface area contributed by atoms with E-state index in [0.717, 1.165) is 10.0 Å². The quantitative estimate of drug-likeness (QED) is 0.429. The average Bonchev–Trinajstić information content (AvgIpc) is 3.07. The standard InChI is InChI=1S/C19H15BrO5/c1-12(19(22)14-4-6-15(20)7-5-14)25-18(21)9-3-13-2-8-16-17(10-13)24-11-23-16/h2-10,12H,11H2,1H3/b9-3+/t12-/m1/s1. The highest BCUT2D eigenvalue weighted by Gasteiger charge is 2.18. The van der Waals surface area contributed by atoms with Gasteiger partial charge in [-0.1, -0.05) is 34.1 Å². The summed E-state index contributed by atoms with van der Waals surface area (Å²) >= 11 is 3.31. The maximum absolute atomic E-state index is 12.2. The smallest absolute Gasteiger partial charge is 0.331 e. The van der Waals surface area contributed by atoms with Crippen LogP contribution in [-0.2, 0) is 9.53 Å². The number of carbonyl (C=O) groups excluding carboxylic acids is 2. The molecular formula is C19H15BrO5. The third-order valence-corrected chi connectivity index (χ3v) is 4.13. The van der Waals surface area contributed by atoms with Gasteiger partial charge in [-0.2, -0.15) is 0 Å². The first-order valence-corrected chi connectivity index (χ1v) is 8.40. The molecule has 0 spiro atoms. The molecule has 5 nitrogen and oxygen atoms in total. The molecule has 128 valence electrons. The second-order valence-electron chi connectivity index (χ2n) is 5.40. The van der Waals surface area contributed by atoms with Gasteiger partial charge in [-0.3, -0.25) is 4.79 Å². The lowest BCUT2D eigenvalue weighted by atomic mass is 10.1. The summed E-state index contributed by atoms with van der Waals surface area (Å²) in [6, 6.07) is 12.2. The Morgan fingerprint density at radius 2 is 1.84 bits per heavy atom. The molecule has 2 aromatic carbocycles. The summed E-state index contributed by atoms with van der Waals surface area (Å²) in [7, 11) is 0. The summed E-state index contributed by atoms with van der Waals surface area (Å²) in [5, 5.41) is 0. The fraction of sp³-hybridized carbons (Fsp3) is 0.158. The zero-order chi connectivity index (χ0) is 17.8. The summed E-state index contributed by atoms with van der Waals surface area (Å²) in [6.07, 6.45) is 2.01. The summed E-state index contributed by atoms with van der Waals surface area (Å²) in [4.78, 5) is 24.2. The van der Waals surface area contributed by atoms with Crippen LogP contribution in [0.25, 0.3) is 6.08 Å². The number of benzene rings is 2. The fourth-order valence-corrected chi connectivity index (χ4v) is 2.56. The van der Waals surface area contributed by atoms with Gasteiger partial charge >= 0.3 is 5.97 Å². The van der Waals surface area contributed by atoms with E-state index in [1.54, 1.807) is 55.5 Å². The van der Waals surface area contributed by atoms with Crippen LogP contribution >= 0.6 is 15.9 Å². The van der Waals surface area contributed by atoms with Gasteiger partial charge in [-0.25, -0.2) is 4.79 Å². The highest BCUT2D eigenvalue weighted by atomic mass is 79.9. The minimum Gasteiger partial charge on any atom is -0.454 e. The number of rotatable bonds is 5. The van der Waals surface area contributed by atoms with Gasteiger partial charge in [-0.05, 0) is 42.8 Å². The van der Waals surface area contributed by atoms with Gasteiger partial charge in [0.25, 0.3) is 0 Å². The number of Topliss-reactive ketones (excluding diaryl/α,β-unsaturated/α-hetero) is 1. The van der Waals surface area contributed by atoms with Gasteiger partial charge in [0.15, 0.2) is 17.6 Å². The molecule has 0 aromatic heterocycles. The van der Waals surface area contributed by atoms with E-state index in [1.807, 2.05) is 0 Å². The highest BCUT2D eigenvalue weighted by molar-refractivity contribution is 9.10. The highest BCUT2D eigenvalue weighted by Crippen LogP contribution is 2.32. The van der Waals surface area contributed by atoms with Crippen molar-refractivity contribution in [1.82, 2.24) is 0 Å². The second kappa shape index (κ2) is 7.53. The van der Waals surface area contributed by atoms with E-state index in [4.69, 9.17) is 14.2 Å². The van der Waals surface area contributed by atoms with Crippen molar-refractivity contribution in [3.63, 3.8) is 0 Å². The van der Waals surface area contributed by atoms with Crippen molar-refractivity contribution in [2.45, 2.75) is 13.0 Å². The maximum Gasteiger partial charge on any atom is 0.331 e. The topological polar surface area (TPSA) is 61.8 Å². The number of hydrogen-bond acceptors (Lipinski definition) is 5. The molecule has 0 amide bonds. The molecule has 2 aromatic rings. The van der Waals surface area contributed by atoms with Crippen LogP contribution in [0, 0.1) is 0 Å². The number of ether oxygens (including phenoxy) is 3. The van der Waals surface area contributed by atoms with Crippen molar-refractivity contribution in [3.05, 3.63) is 64.1 Å². The van der Waals surface area contributed by atoms with E-state index in [-0.39, 0.29) is 12.6 Å². The van der Waals surface area contributed by atoms with Crippen molar-refractivity contribution in [3.8, 4) is 11.5 Å². The van der Waals surface area contributed by atoms with Crippen molar-refractivity contribution in [2.24, 2.45) is 0 Å². The summed E-state index contributed by atoms with van der Waals surface area (Å²) < 4.78 is 16.6. The Balaban J connectivity index is 1.59. The molecule has 25 heavy (non-hydrogen) atoms. The number of fused-ring (bicyclic) bond motifs is 1. The van der Waals surface area contributed by atoms with Crippen molar-refractivity contribution in [2.75, 3.05) is 6.79 Å². The zero-order valence-electron chi connectivity index (χ0n) is 13.4. The van der Waals surface area contributed by atoms with E-state index < -0.39 is 12.1 Å². The SMILES string of the molecule is C[C@@H](OC(=O)/C=C/c1ccc2c(c1)OCO2)C(=O)c1ccc(Br)cc1. The summed E-state index contributed by atoms with van der Waals surface area (Å²) in [5.41, 5.74) is 1.26. The Hall–Kier alpha value is -2.60. The molecule has 0 saturated carbocycles. The molecule has 1 heterocycles. The second-order valence-corrected chi connectivity index (χ2v) is 6.31. The third-order valence-electron chi connectivity index (χ3n) is 3.60. The minimum absolute atomic E-state index is 0.195. The molecule has 1 atom stereocenters. The first-order valence-electron chi connectivity index (χ1n) is 7.61. The van der Waals surface area contributed by atoms with Crippen LogP contribution in [0.1, 0.15) is 22.8 Å². The van der Waals surface area contributed by atoms with E-state index in [2.05, 4.69) is 15.9 Å². The average molecular weight is 403 g/mol. The fourth-order valence-electron chi connectivity index (χ4n) is 2.30. The zero-order valence-corrected chi connectivity index (χ0v) is 15.0. The van der Waals surface area contributed by atoms with Crippen LogP contribution in [-0.4, -0.2) is 24.6 Å². The number of esters is 1. The van der Waals surface area contributed by atoms with Crippen molar-refractivity contribution < 1.29 is 23.8 Å². The molecule has 0 fully saturated rings. The third kappa shape index (κ3) is 4.28. The molecule has 6 heteroatoms. The lowest BCUT2D eigenvalue weighted by molar-refractivity contribution is -0.140. The number of carbonyl (C=O) groups is 2. The van der Waals surface area contributed by atoms with Crippen molar-refractivity contribution >= 4 is 33.8 Å². The molecule has 0 aliphatic carbocycles. The summed E-state index contributed by atoms with van der Waals surface area (Å²) in [6.45, 7) is 1.75. The van der Waals surface area contributed by atoms with Gasteiger partial charge < -0.3 is 14.2 Å². The van der Waals surface area contributed by atoms with Crippen LogP contribution < -0.4 is 9.47 Å². The molecule has 0 N–H and O–H groups in total. The lowest BCUT2D eigenvalue weighted by Crippen LogP contribution is -2.23. The molecule has 0 unspecified atom stereocenters. The first-order chi connectivity index (χ1) is 12.0. The van der Waals surface area contributed by atoms with Gasteiger partial charge in [0.1, 0.15) is 0 Å². The predicted molar refractivity (Wildman–Crippen MR) is 95.6 cm³/mol. The van der Waals surface area contributed by atoms with Crippen LogP contribution in [0.5, 0.6) is 11.5 Å². The van der Waals surface area contributed by atoms with E-state index in [9.17, 15) is 9.59 Å². The Kier molecular flexibility index (Phi) is 5.19. The molecule has 1 aliphatic heterocycles. The van der Waals surface area contributed by atoms with Crippen LogP contribution in [0.15, 0.2) is 53.0 Å². The lowest BCUT2D eigenvalue weighted by Gasteiger charge is -2.10. The van der Waals surface area contributed by atoms with E-state index >= 15 is 0 Å². The van der Waals surface area contributed by atoms with Gasteiger partial charge in [0.05, 0.1) is 0 Å². The Morgan fingerprint density at radius 1 is 1.12 bits per heavy atom. The van der Waals surface area contributed by atoms with Crippen LogP contribution in [0.4, 0.5) is 0 Å². The Bertz CT molecular complexity index is 826. The normalized spacial score (nSPS) is 13.7. The molecular weight excluding hydrogens is 388 g/mol. The minimum atomic E-state index is -0.866. The molecule has 3 rings (SSSR count). The first kappa shape index (κ1) is 17.2. The van der Waals surface area contributed by atoms with E-state index in [0.29, 0.717) is 17.1 Å². The Morgan fingerprint density at radius 3 is 2.60 bits per heavy atom. The predicted octanol–water partition coefficient (Wildman–Crippen LogP) is 4.01. The van der Waals surface area contributed by atoms with Gasteiger partial charge in [0, 0.05) is 16.1 Å². The maximum atomic E-state index is 12.2. The van der Waals surface area contributed by atoms with Crippen molar-refractivity contribution in [1.29, 1.82) is 0 Å². The van der Waals surface area contributed by atoms with Gasteiger partial charge in [-0.15, -0.1) is 0 Å².